The van der Waals surface area contributed by atoms with Gasteiger partial charge in [0.25, 0.3) is 0 Å². The van der Waals surface area contributed by atoms with Crippen LogP contribution >= 0.6 is 0 Å². The van der Waals surface area contributed by atoms with E-state index in [4.69, 9.17) is 0 Å². The molecule has 10 aromatic rings. The maximum Gasteiger partial charge on any atom is 0.0540 e. The molecule has 0 unspecified atom stereocenters. The molecule has 12 rings (SSSR count). The summed E-state index contributed by atoms with van der Waals surface area (Å²) in [5, 5.41) is 7.81. The van der Waals surface area contributed by atoms with Crippen LogP contribution in [0.3, 0.4) is 0 Å². The Balaban J connectivity index is 1.05. The van der Waals surface area contributed by atoms with Gasteiger partial charge in [0.15, 0.2) is 0 Å². The van der Waals surface area contributed by atoms with Gasteiger partial charge in [0.05, 0.1) is 5.69 Å². The molecule has 0 N–H and O–H groups in total. The van der Waals surface area contributed by atoms with Crippen molar-refractivity contribution in [3.63, 3.8) is 0 Å². The number of hydrogen-bond donors (Lipinski definition) is 0. The van der Waals surface area contributed by atoms with Crippen LogP contribution in [0, 0.1) is 0 Å². The van der Waals surface area contributed by atoms with Gasteiger partial charge in [0, 0.05) is 27.8 Å². The third kappa shape index (κ3) is 5.26. The SMILES string of the molecule is CC1(C)c2cc(N(c3ccc4c5c(ccc4c3)-c3ccc4ccccc4c3C5(C)C)c3ccccc3-c3ccc(-c4ccccc4)cc3)ccc2-c2c1ccc1ccccc21. The minimum Gasteiger partial charge on any atom is -0.310 e. The van der Waals surface area contributed by atoms with E-state index >= 15 is 0 Å². The van der Waals surface area contributed by atoms with Crippen LogP contribution in [0.25, 0.3) is 76.8 Å². The van der Waals surface area contributed by atoms with E-state index in [0.29, 0.717) is 0 Å². The van der Waals surface area contributed by atoms with Crippen LogP contribution in [-0.2, 0) is 10.8 Å². The van der Waals surface area contributed by atoms with Gasteiger partial charge in [-0.1, -0.05) is 198 Å². The molecule has 0 spiro atoms. The lowest BCUT2D eigenvalue weighted by Crippen LogP contribution is -2.17. The van der Waals surface area contributed by atoms with Gasteiger partial charge in [-0.2, -0.15) is 0 Å². The second kappa shape index (κ2) is 13.1. The van der Waals surface area contributed by atoms with E-state index < -0.39 is 0 Å². The average Bonchev–Trinajstić information content (AvgIpc) is 3.69. The summed E-state index contributed by atoms with van der Waals surface area (Å²) in [5.74, 6) is 0. The molecule has 0 amide bonds. The summed E-state index contributed by atoms with van der Waals surface area (Å²) in [5.41, 5.74) is 18.9. The zero-order valence-corrected chi connectivity index (χ0v) is 35.0. The van der Waals surface area contributed by atoms with Crippen LogP contribution in [0.2, 0.25) is 0 Å². The summed E-state index contributed by atoms with van der Waals surface area (Å²) >= 11 is 0. The first-order chi connectivity index (χ1) is 29.8. The van der Waals surface area contributed by atoms with Crippen molar-refractivity contribution in [3.8, 4) is 44.5 Å². The minimum absolute atomic E-state index is 0.157. The molecule has 61 heavy (non-hydrogen) atoms. The van der Waals surface area contributed by atoms with E-state index in [0.717, 1.165) is 17.1 Å². The van der Waals surface area contributed by atoms with Crippen molar-refractivity contribution in [2.24, 2.45) is 0 Å². The van der Waals surface area contributed by atoms with Gasteiger partial charge < -0.3 is 4.90 Å². The summed E-state index contributed by atoms with van der Waals surface area (Å²) in [7, 11) is 0. The van der Waals surface area contributed by atoms with Gasteiger partial charge in [-0.25, -0.2) is 0 Å². The Morgan fingerprint density at radius 1 is 0.328 bits per heavy atom. The monoisotopic (exact) mass is 779 g/mol. The summed E-state index contributed by atoms with van der Waals surface area (Å²) in [6.45, 7) is 9.61. The van der Waals surface area contributed by atoms with Gasteiger partial charge in [-0.15, -0.1) is 0 Å². The predicted molar refractivity (Wildman–Crippen MR) is 260 cm³/mol. The molecule has 290 valence electrons. The number of rotatable bonds is 5. The molecule has 0 saturated carbocycles. The first-order valence-electron chi connectivity index (χ1n) is 21.6. The molecular formula is C60H45N. The maximum absolute atomic E-state index is 2.50. The van der Waals surface area contributed by atoms with E-state index in [1.807, 2.05) is 0 Å². The largest absolute Gasteiger partial charge is 0.310 e. The van der Waals surface area contributed by atoms with E-state index in [9.17, 15) is 0 Å². The molecule has 0 radical (unpaired) electrons. The fraction of sp³-hybridized carbons (Fsp3) is 0.100. The third-order valence-corrected chi connectivity index (χ3v) is 14.0. The molecule has 2 aliphatic rings. The van der Waals surface area contributed by atoms with Crippen molar-refractivity contribution >= 4 is 49.4 Å². The van der Waals surface area contributed by atoms with Gasteiger partial charge in [0.2, 0.25) is 0 Å². The van der Waals surface area contributed by atoms with Crippen molar-refractivity contribution in [2.45, 2.75) is 38.5 Å². The molecule has 0 saturated heterocycles. The molecule has 10 aromatic carbocycles. The van der Waals surface area contributed by atoms with Crippen molar-refractivity contribution in [1.82, 2.24) is 0 Å². The molecular weight excluding hydrogens is 735 g/mol. The number of nitrogens with zero attached hydrogens (tertiary/aromatic N) is 1. The lowest BCUT2D eigenvalue weighted by atomic mass is 9.78. The fourth-order valence-electron chi connectivity index (χ4n) is 11.1. The second-order valence-corrected chi connectivity index (χ2v) is 18.1. The fourth-order valence-corrected chi connectivity index (χ4v) is 11.1. The lowest BCUT2D eigenvalue weighted by molar-refractivity contribution is 0.661. The molecule has 1 nitrogen and oxygen atoms in total. The minimum atomic E-state index is -0.169. The molecule has 0 aliphatic heterocycles. The summed E-state index contributed by atoms with van der Waals surface area (Å²) < 4.78 is 0. The molecule has 0 heterocycles. The van der Waals surface area contributed by atoms with Gasteiger partial charge in [0.1, 0.15) is 0 Å². The van der Waals surface area contributed by atoms with Crippen LogP contribution in [0.4, 0.5) is 17.1 Å². The van der Waals surface area contributed by atoms with Crippen LogP contribution < -0.4 is 4.90 Å². The highest BCUT2D eigenvalue weighted by molar-refractivity contribution is 6.06. The van der Waals surface area contributed by atoms with Gasteiger partial charge >= 0.3 is 0 Å². The topological polar surface area (TPSA) is 3.24 Å². The first-order valence-corrected chi connectivity index (χ1v) is 21.6. The molecule has 0 fully saturated rings. The summed E-state index contributed by atoms with van der Waals surface area (Å²) in [4.78, 5) is 2.50. The second-order valence-electron chi connectivity index (χ2n) is 18.1. The van der Waals surface area contributed by atoms with Crippen molar-refractivity contribution < 1.29 is 0 Å². The number of hydrogen-bond acceptors (Lipinski definition) is 1. The Labute approximate surface area is 358 Å². The summed E-state index contributed by atoms with van der Waals surface area (Å²) in [6, 6.07) is 74.7. The van der Waals surface area contributed by atoms with Crippen molar-refractivity contribution in [1.29, 1.82) is 0 Å². The molecule has 2 aliphatic carbocycles. The lowest BCUT2D eigenvalue weighted by Gasteiger charge is -2.30. The van der Waals surface area contributed by atoms with E-state index in [1.54, 1.807) is 0 Å². The molecule has 0 aromatic heterocycles. The Bertz CT molecular complexity index is 3400. The van der Waals surface area contributed by atoms with Gasteiger partial charge in [-0.05, 0) is 124 Å². The molecule has 0 atom stereocenters. The first kappa shape index (κ1) is 35.7. The standard InChI is InChI=1S/C60H45N/c1-59(2)53-35-28-40-16-8-10-19-47(40)56(53)52-34-30-45(37-54(52)59)61(55-21-13-12-18-46(55)42-24-22-39(23-25-42)38-14-6-5-7-15-38)44-29-33-49-43(36-44)27-32-51-50-31-26-41-17-9-11-20-48(41)57(50)60(3,4)58(49)51/h5-37H,1-4H3. The summed E-state index contributed by atoms with van der Waals surface area (Å²) in [6.07, 6.45) is 0. The zero-order valence-electron chi connectivity index (χ0n) is 35.0. The quantitative estimate of drug-likeness (QED) is 0.168. The average molecular weight is 780 g/mol. The Hall–Kier alpha value is -7.22. The highest BCUT2D eigenvalue weighted by Gasteiger charge is 2.39. The van der Waals surface area contributed by atoms with Crippen molar-refractivity contribution in [2.75, 3.05) is 4.90 Å². The Kier molecular flexibility index (Phi) is 7.69. The maximum atomic E-state index is 2.50. The predicted octanol–water partition coefficient (Wildman–Crippen LogP) is 16.6. The third-order valence-electron chi connectivity index (χ3n) is 14.0. The number of para-hydroxylation sites is 1. The smallest absolute Gasteiger partial charge is 0.0540 e. The zero-order chi connectivity index (χ0) is 41.0. The van der Waals surface area contributed by atoms with Gasteiger partial charge in [-0.3, -0.25) is 0 Å². The Morgan fingerprint density at radius 2 is 0.869 bits per heavy atom. The normalized spacial score (nSPS) is 14.2. The molecule has 1 heteroatoms. The van der Waals surface area contributed by atoms with Crippen LogP contribution in [0.5, 0.6) is 0 Å². The van der Waals surface area contributed by atoms with E-state index in [2.05, 4.69) is 233 Å². The Morgan fingerprint density at radius 3 is 1.64 bits per heavy atom. The van der Waals surface area contributed by atoms with Crippen LogP contribution in [0.15, 0.2) is 200 Å². The van der Waals surface area contributed by atoms with Crippen LogP contribution in [-0.4, -0.2) is 0 Å². The van der Waals surface area contributed by atoms with E-state index in [-0.39, 0.29) is 10.8 Å². The number of fused-ring (bicyclic) bond motifs is 12. The highest BCUT2D eigenvalue weighted by Crippen LogP contribution is 2.56. The van der Waals surface area contributed by atoms with Crippen LogP contribution in [0.1, 0.15) is 49.9 Å². The number of benzene rings is 10. The van der Waals surface area contributed by atoms with Crippen molar-refractivity contribution in [3.05, 3.63) is 222 Å². The highest BCUT2D eigenvalue weighted by atomic mass is 15.1. The number of anilines is 3. The van der Waals surface area contributed by atoms with E-state index in [1.165, 1.54) is 99.1 Å². The molecule has 0 bridgehead atoms.